The van der Waals surface area contributed by atoms with Crippen molar-refractivity contribution in [1.82, 2.24) is 10.6 Å². The third-order valence-corrected chi connectivity index (χ3v) is 11.2. The van der Waals surface area contributed by atoms with Crippen LogP contribution in [0.2, 0.25) is 0 Å². The Morgan fingerprint density at radius 2 is 1.11 bits per heavy atom. The molecule has 0 bridgehead atoms. The third kappa shape index (κ3) is 10.1. The highest BCUT2D eigenvalue weighted by atomic mass is 127. The lowest BCUT2D eigenvalue weighted by Gasteiger charge is -2.18. The smallest absolute Gasteiger partial charge is 0.255 e. The normalized spacial score (nSPS) is 10.9. The van der Waals surface area contributed by atoms with E-state index in [1.807, 2.05) is 17.1 Å². The highest BCUT2D eigenvalue weighted by Gasteiger charge is 2.26. The lowest BCUT2D eigenvalue weighted by Crippen LogP contribution is -2.25. The van der Waals surface area contributed by atoms with Crippen LogP contribution in [0.5, 0.6) is 0 Å². The fraction of sp³-hybridized carbons (Fsp3) is 0.158. The maximum absolute atomic E-state index is 12.6. The summed E-state index contributed by atoms with van der Waals surface area (Å²) in [6.45, 7) is 0. The van der Waals surface area contributed by atoms with E-state index in [0.717, 1.165) is 16.8 Å². The molecule has 0 saturated heterocycles. The number of carbonyl (C=O) groups excluding carboxylic acids is 2. The van der Waals surface area contributed by atoms with Gasteiger partial charge >= 0.3 is 0 Å². The molecule has 6 aromatic rings. The Labute approximate surface area is 359 Å². The molecule has 0 unspecified atom stereocenters. The molecule has 0 aliphatic heterocycles. The average molecular weight is 1050 g/mol. The fourth-order valence-corrected chi connectivity index (χ4v) is 7.80. The maximum Gasteiger partial charge on any atom is 0.255 e. The summed E-state index contributed by atoms with van der Waals surface area (Å²) in [6, 6.07) is 23.7. The molecule has 0 fully saturated rings. The zero-order valence-electron chi connectivity index (χ0n) is 31.0. The van der Waals surface area contributed by atoms with E-state index in [-0.39, 0.29) is 11.8 Å². The molecule has 2 heterocycles. The van der Waals surface area contributed by atoms with Gasteiger partial charge in [-0.2, -0.15) is 10.5 Å². The quantitative estimate of drug-likeness (QED) is 0.0986. The molecule has 0 radical (unpaired) electrons. The summed E-state index contributed by atoms with van der Waals surface area (Å²) >= 11 is 8.86. The van der Waals surface area contributed by atoms with Gasteiger partial charge < -0.3 is 19.5 Å². The second kappa shape index (κ2) is 18.6. The Kier molecular flexibility index (Phi) is 14.6. The molecule has 2 aromatic heterocycles. The molecule has 0 atom stereocenters. The molecule has 19 heteroatoms. The number of amides is 2. The molecule has 0 saturated carbocycles. The summed E-state index contributed by atoms with van der Waals surface area (Å²) < 4.78 is 63.3. The van der Waals surface area contributed by atoms with Crippen LogP contribution in [0.4, 0.5) is 11.4 Å². The van der Waals surface area contributed by atoms with Crippen molar-refractivity contribution in [2.45, 2.75) is 0 Å². The molecule has 57 heavy (non-hydrogen) atoms. The third-order valence-electron chi connectivity index (χ3n) is 8.13. The molecule has 2 amide bonds. The summed E-state index contributed by atoms with van der Waals surface area (Å²) in [7, 11) is -2.50. The standard InChI is InChI=1S/C19H16BrN3O4S.C18H14BrN3O4S.CH3I/c1-22-19(24)17-13-8-14(20)15(23(2)28(3,25)26)9-16(13)27-18(17)12-6-4-11(10-21)5-7-12;1-21-18(23)16-12-7-13(19)14(22-27(2,24)25)8-15(12)26-17(16)11-5-3-10(9-20)4-6-11;1-2/h4-9H,1-3H3,(H,22,24);3-8,22H,1-2H3,(H,21,23);1H3. The number of hydrogen-bond acceptors (Lipinski definition) is 10. The van der Waals surface area contributed by atoms with Crippen molar-refractivity contribution in [3.8, 4) is 34.8 Å². The highest BCUT2D eigenvalue weighted by Crippen LogP contribution is 2.40. The maximum atomic E-state index is 12.6. The molecule has 3 N–H and O–H groups in total. The van der Waals surface area contributed by atoms with Gasteiger partial charge in [-0.1, -0.05) is 22.6 Å². The van der Waals surface area contributed by atoms with E-state index in [2.05, 4.69) is 69.8 Å². The minimum atomic E-state index is -3.48. The second-order valence-electron chi connectivity index (χ2n) is 11.9. The number of fused-ring (bicyclic) bond motifs is 2. The largest absolute Gasteiger partial charge is 0.455 e. The first kappa shape index (κ1) is 44.8. The van der Waals surface area contributed by atoms with Gasteiger partial charge in [0.1, 0.15) is 22.7 Å². The van der Waals surface area contributed by atoms with Gasteiger partial charge in [0.05, 0.1) is 58.3 Å². The molecule has 14 nitrogen and oxygen atoms in total. The van der Waals surface area contributed by atoms with E-state index in [0.29, 0.717) is 87.2 Å². The minimum absolute atomic E-state index is 0.300. The summed E-state index contributed by atoms with van der Waals surface area (Å²) in [5.41, 5.74) is 4.28. The lowest BCUT2D eigenvalue weighted by atomic mass is 10.0. The van der Waals surface area contributed by atoms with Gasteiger partial charge in [0.15, 0.2) is 0 Å². The zero-order chi connectivity index (χ0) is 42.4. The van der Waals surface area contributed by atoms with Crippen LogP contribution in [0, 0.1) is 22.7 Å². The van der Waals surface area contributed by atoms with Gasteiger partial charge in [0, 0.05) is 64.1 Å². The van der Waals surface area contributed by atoms with Crippen molar-refractivity contribution >= 4 is 120 Å². The number of alkyl halides is 1. The van der Waals surface area contributed by atoms with Gasteiger partial charge in [0.2, 0.25) is 20.0 Å². The molecular weight excluding hydrogens is 1020 g/mol. The van der Waals surface area contributed by atoms with E-state index in [9.17, 15) is 26.4 Å². The summed E-state index contributed by atoms with van der Waals surface area (Å²) in [4.78, 5) is 27.0. The van der Waals surface area contributed by atoms with Crippen molar-refractivity contribution < 1.29 is 35.3 Å². The van der Waals surface area contributed by atoms with Crippen LogP contribution in [0.3, 0.4) is 0 Å². The Bertz CT molecular complexity index is 2810. The van der Waals surface area contributed by atoms with Crippen LogP contribution in [-0.2, 0) is 20.0 Å². The SMILES string of the molecule is CI.CNC(=O)c1c(-c2ccc(C#N)cc2)oc2cc(N(C)S(C)(=O)=O)c(Br)cc12.CNC(=O)c1c(-c2ccc(C#N)cc2)oc2cc(NS(C)(=O)=O)c(Br)cc12. The number of rotatable bonds is 8. The van der Waals surface area contributed by atoms with E-state index >= 15 is 0 Å². The number of sulfonamides is 2. The number of furan rings is 2. The first-order chi connectivity index (χ1) is 26.9. The molecule has 4 aromatic carbocycles. The van der Waals surface area contributed by atoms with Gasteiger partial charge in [-0.05, 0) is 97.5 Å². The van der Waals surface area contributed by atoms with Crippen LogP contribution in [0.25, 0.3) is 44.6 Å². The molecule has 6 rings (SSSR count). The van der Waals surface area contributed by atoms with Gasteiger partial charge in [-0.3, -0.25) is 18.6 Å². The number of benzene rings is 4. The fourth-order valence-electron chi connectivity index (χ4n) is 5.42. The summed E-state index contributed by atoms with van der Waals surface area (Å²) in [5.74, 6) is -0.0137. The van der Waals surface area contributed by atoms with Gasteiger partial charge in [-0.25, -0.2) is 16.8 Å². The molecular formula is C38H33Br2IN6O8S2. The van der Waals surface area contributed by atoms with Crippen molar-refractivity contribution in [1.29, 1.82) is 10.5 Å². The Hall–Kier alpha value is -4.93. The summed E-state index contributed by atoms with van der Waals surface area (Å²) in [5, 5.41) is 24.2. The van der Waals surface area contributed by atoms with Crippen molar-refractivity contribution in [3.05, 3.63) is 104 Å². The predicted octanol–water partition coefficient (Wildman–Crippen LogP) is 8.01. The average Bonchev–Trinajstić information content (AvgIpc) is 3.74. The Morgan fingerprint density at radius 1 is 0.702 bits per heavy atom. The predicted molar refractivity (Wildman–Crippen MR) is 237 cm³/mol. The number of nitriles is 2. The van der Waals surface area contributed by atoms with Crippen LogP contribution in [0.1, 0.15) is 31.8 Å². The topological polar surface area (TPSA) is 216 Å². The zero-order valence-corrected chi connectivity index (χ0v) is 37.9. The van der Waals surface area contributed by atoms with E-state index in [1.54, 1.807) is 66.7 Å². The summed E-state index contributed by atoms with van der Waals surface area (Å²) in [6.07, 6.45) is 2.15. The molecule has 296 valence electrons. The number of halogens is 3. The van der Waals surface area contributed by atoms with Crippen LogP contribution < -0.4 is 19.7 Å². The number of nitrogens with one attached hydrogen (secondary N) is 3. The van der Waals surface area contributed by atoms with Crippen molar-refractivity contribution in [2.75, 3.05) is 47.6 Å². The molecule has 0 aliphatic rings. The Morgan fingerprint density at radius 3 is 1.47 bits per heavy atom. The highest BCUT2D eigenvalue weighted by molar-refractivity contribution is 14.1. The molecule has 0 spiro atoms. The Balaban J connectivity index is 0.000000242. The van der Waals surface area contributed by atoms with Crippen molar-refractivity contribution in [2.24, 2.45) is 0 Å². The van der Waals surface area contributed by atoms with E-state index < -0.39 is 20.0 Å². The number of carbonyl (C=O) groups is 2. The van der Waals surface area contributed by atoms with Gasteiger partial charge in [0.25, 0.3) is 11.8 Å². The van der Waals surface area contributed by atoms with Crippen LogP contribution in [0.15, 0.2) is 90.6 Å². The number of hydrogen-bond donors (Lipinski definition) is 3. The van der Waals surface area contributed by atoms with Crippen LogP contribution in [-0.4, -0.2) is 67.2 Å². The first-order valence-corrected chi connectivity index (χ1v) is 23.7. The second-order valence-corrected chi connectivity index (χ2v) is 17.4. The first-order valence-electron chi connectivity index (χ1n) is 16.2. The number of nitrogens with zero attached hydrogens (tertiary/aromatic N) is 3. The van der Waals surface area contributed by atoms with Crippen LogP contribution >= 0.6 is 54.5 Å². The van der Waals surface area contributed by atoms with E-state index in [4.69, 9.17) is 19.4 Å². The van der Waals surface area contributed by atoms with Crippen molar-refractivity contribution in [3.63, 3.8) is 0 Å². The van der Waals surface area contributed by atoms with Gasteiger partial charge in [-0.15, -0.1) is 0 Å². The lowest BCUT2D eigenvalue weighted by molar-refractivity contribution is 0.0956. The minimum Gasteiger partial charge on any atom is -0.455 e. The van der Waals surface area contributed by atoms with E-state index in [1.165, 1.54) is 27.2 Å². The number of anilines is 2. The molecule has 0 aliphatic carbocycles. The monoisotopic (exact) mass is 1050 g/mol.